The number of methoxy groups -OCH3 is 1. The van der Waals surface area contributed by atoms with Crippen molar-refractivity contribution in [2.45, 2.75) is 56.5 Å². The lowest BCUT2D eigenvalue weighted by Crippen LogP contribution is -2.42. The van der Waals surface area contributed by atoms with Gasteiger partial charge >= 0.3 is 0 Å². The fourth-order valence-electron chi connectivity index (χ4n) is 4.52. The first kappa shape index (κ1) is 21.3. The molecular formula is C22H28N2O4S2. The van der Waals surface area contributed by atoms with Crippen LogP contribution < -0.4 is 4.74 Å². The van der Waals surface area contributed by atoms with Crippen molar-refractivity contribution in [1.82, 2.24) is 9.21 Å². The van der Waals surface area contributed by atoms with Crippen LogP contribution in [-0.4, -0.2) is 49.8 Å². The molecule has 30 heavy (non-hydrogen) atoms. The van der Waals surface area contributed by atoms with E-state index in [2.05, 4.69) is 11.4 Å². The van der Waals surface area contributed by atoms with Gasteiger partial charge in [0.1, 0.15) is 10.6 Å². The Hall–Kier alpha value is -1.90. The fourth-order valence-corrected chi connectivity index (χ4v) is 7.36. The van der Waals surface area contributed by atoms with E-state index in [9.17, 15) is 13.2 Å². The molecular weight excluding hydrogens is 420 g/mol. The number of nitrogens with zero attached hydrogens (tertiary/aromatic N) is 2. The Morgan fingerprint density at radius 1 is 1.17 bits per heavy atom. The third kappa shape index (κ3) is 3.65. The molecule has 2 aromatic rings. The van der Waals surface area contributed by atoms with Crippen LogP contribution in [0.15, 0.2) is 34.5 Å². The van der Waals surface area contributed by atoms with Crippen molar-refractivity contribution in [2.24, 2.45) is 0 Å². The normalized spacial score (nSPS) is 22.6. The Morgan fingerprint density at radius 3 is 2.70 bits per heavy atom. The Morgan fingerprint density at radius 2 is 1.97 bits per heavy atom. The van der Waals surface area contributed by atoms with E-state index in [1.165, 1.54) is 23.6 Å². The molecule has 1 amide bonds. The van der Waals surface area contributed by atoms with Gasteiger partial charge in [0, 0.05) is 29.6 Å². The summed E-state index contributed by atoms with van der Waals surface area (Å²) in [6.07, 6.45) is 3.54. The SMILES string of the molecule is COc1ccc(C(=O)N2CCc3sccc3C2C)cc1S(=O)(=O)N1CCCCC1C. The molecule has 0 radical (unpaired) electrons. The first-order valence-electron chi connectivity index (χ1n) is 10.4. The third-order valence-electron chi connectivity index (χ3n) is 6.28. The number of hydrogen-bond acceptors (Lipinski definition) is 5. The van der Waals surface area contributed by atoms with Crippen LogP contribution in [0.4, 0.5) is 0 Å². The molecule has 1 aromatic heterocycles. The monoisotopic (exact) mass is 448 g/mol. The zero-order chi connectivity index (χ0) is 21.5. The van der Waals surface area contributed by atoms with E-state index in [4.69, 9.17) is 4.74 Å². The average molecular weight is 449 g/mol. The zero-order valence-corrected chi connectivity index (χ0v) is 19.3. The van der Waals surface area contributed by atoms with Gasteiger partial charge in [-0.1, -0.05) is 6.42 Å². The van der Waals surface area contributed by atoms with Crippen molar-refractivity contribution in [3.63, 3.8) is 0 Å². The maximum atomic E-state index is 13.4. The molecule has 3 heterocycles. The van der Waals surface area contributed by atoms with Crippen LogP contribution in [0.25, 0.3) is 0 Å². The molecule has 2 aliphatic rings. The van der Waals surface area contributed by atoms with E-state index >= 15 is 0 Å². The highest BCUT2D eigenvalue weighted by Gasteiger charge is 2.35. The summed E-state index contributed by atoms with van der Waals surface area (Å²) in [6, 6.07) is 6.73. The summed E-state index contributed by atoms with van der Waals surface area (Å²) in [5.41, 5.74) is 1.56. The average Bonchev–Trinajstić information content (AvgIpc) is 3.23. The van der Waals surface area contributed by atoms with E-state index in [0.29, 0.717) is 18.7 Å². The van der Waals surface area contributed by atoms with E-state index in [-0.39, 0.29) is 28.6 Å². The Labute approximate surface area is 182 Å². The van der Waals surface area contributed by atoms with Crippen molar-refractivity contribution < 1.29 is 17.9 Å². The Kier molecular flexibility index (Phi) is 5.92. The molecule has 6 nitrogen and oxygen atoms in total. The molecule has 0 saturated carbocycles. The highest BCUT2D eigenvalue weighted by Crippen LogP contribution is 2.35. The predicted molar refractivity (Wildman–Crippen MR) is 118 cm³/mol. The number of benzene rings is 1. The second-order valence-electron chi connectivity index (χ2n) is 8.05. The molecule has 2 aliphatic heterocycles. The summed E-state index contributed by atoms with van der Waals surface area (Å²) in [5, 5.41) is 2.06. The quantitative estimate of drug-likeness (QED) is 0.707. The highest BCUT2D eigenvalue weighted by molar-refractivity contribution is 7.89. The number of carbonyl (C=O) groups excluding carboxylic acids is 1. The summed E-state index contributed by atoms with van der Waals surface area (Å²) >= 11 is 1.73. The summed E-state index contributed by atoms with van der Waals surface area (Å²) in [7, 11) is -2.30. The van der Waals surface area contributed by atoms with Gasteiger partial charge < -0.3 is 9.64 Å². The first-order chi connectivity index (χ1) is 14.3. The smallest absolute Gasteiger partial charge is 0.254 e. The predicted octanol–water partition coefficient (Wildman–Crippen LogP) is 4.08. The molecule has 0 N–H and O–H groups in total. The number of ether oxygens (including phenoxy) is 1. The van der Waals surface area contributed by atoms with Gasteiger partial charge in [-0.25, -0.2) is 8.42 Å². The standard InChI is InChI=1S/C22H28N2O4S2/c1-15-6-4-5-11-24(15)30(26,27)21-14-17(7-8-19(21)28-3)22(25)23-12-9-20-18(16(23)2)10-13-29-20/h7-8,10,13-16H,4-6,9,11-12H2,1-3H3. The molecule has 1 fully saturated rings. The van der Waals surface area contributed by atoms with E-state index in [0.717, 1.165) is 25.7 Å². The largest absolute Gasteiger partial charge is 0.495 e. The number of sulfonamides is 1. The molecule has 8 heteroatoms. The molecule has 2 atom stereocenters. The molecule has 2 unspecified atom stereocenters. The number of fused-ring (bicyclic) bond motifs is 1. The maximum Gasteiger partial charge on any atom is 0.254 e. The van der Waals surface area contributed by atoms with Crippen molar-refractivity contribution in [1.29, 1.82) is 0 Å². The number of amides is 1. The maximum absolute atomic E-state index is 13.4. The van der Waals surface area contributed by atoms with Gasteiger partial charge in [-0.15, -0.1) is 11.3 Å². The lowest BCUT2D eigenvalue weighted by molar-refractivity contribution is 0.0679. The van der Waals surface area contributed by atoms with Gasteiger partial charge in [-0.2, -0.15) is 4.31 Å². The van der Waals surface area contributed by atoms with Gasteiger partial charge in [-0.05, 0) is 68.3 Å². The third-order valence-corrected chi connectivity index (χ3v) is 9.31. The minimum absolute atomic E-state index is 0.0308. The number of carbonyl (C=O) groups is 1. The fraction of sp³-hybridized carbons (Fsp3) is 0.500. The molecule has 4 rings (SSSR count). The summed E-state index contributed by atoms with van der Waals surface area (Å²) in [5.74, 6) is 0.126. The van der Waals surface area contributed by atoms with E-state index < -0.39 is 10.0 Å². The van der Waals surface area contributed by atoms with Crippen molar-refractivity contribution in [3.05, 3.63) is 45.6 Å². The van der Waals surface area contributed by atoms with Crippen molar-refractivity contribution in [2.75, 3.05) is 20.2 Å². The zero-order valence-electron chi connectivity index (χ0n) is 17.6. The minimum atomic E-state index is -3.75. The Bertz CT molecular complexity index is 1050. The number of thiophene rings is 1. The van der Waals surface area contributed by atoms with Gasteiger partial charge in [0.15, 0.2) is 0 Å². The molecule has 0 aliphatic carbocycles. The van der Waals surface area contributed by atoms with E-state index in [1.54, 1.807) is 27.8 Å². The lowest BCUT2D eigenvalue weighted by Gasteiger charge is -2.34. The number of rotatable bonds is 4. The van der Waals surface area contributed by atoms with Crippen LogP contribution in [0.3, 0.4) is 0 Å². The summed E-state index contributed by atoms with van der Waals surface area (Å²) < 4.78 is 33.8. The van der Waals surface area contributed by atoms with E-state index in [1.807, 2.05) is 18.7 Å². The molecule has 0 bridgehead atoms. The summed E-state index contributed by atoms with van der Waals surface area (Å²) in [6.45, 7) is 5.09. The van der Waals surface area contributed by atoms with Crippen LogP contribution in [-0.2, 0) is 16.4 Å². The van der Waals surface area contributed by atoms with Crippen LogP contribution in [0, 0.1) is 0 Å². The van der Waals surface area contributed by atoms with Crippen molar-refractivity contribution in [3.8, 4) is 5.75 Å². The summed E-state index contributed by atoms with van der Waals surface area (Å²) in [4.78, 5) is 16.6. The molecule has 1 saturated heterocycles. The topological polar surface area (TPSA) is 66.9 Å². The van der Waals surface area contributed by atoms with Crippen LogP contribution in [0.1, 0.15) is 60.0 Å². The van der Waals surface area contributed by atoms with Crippen LogP contribution >= 0.6 is 11.3 Å². The number of piperidine rings is 1. The second kappa shape index (κ2) is 8.32. The van der Waals surface area contributed by atoms with Gasteiger partial charge in [0.05, 0.1) is 13.2 Å². The molecule has 1 aromatic carbocycles. The van der Waals surface area contributed by atoms with Gasteiger partial charge in [0.25, 0.3) is 5.91 Å². The molecule has 0 spiro atoms. The number of hydrogen-bond donors (Lipinski definition) is 0. The second-order valence-corrected chi connectivity index (χ2v) is 10.9. The van der Waals surface area contributed by atoms with Gasteiger partial charge in [-0.3, -0.25) is 4.79 Å². The molecule has 162 valence electrons. The lowest BCUT2D eigenvalue weighted by atomic mass is 10.0. The van der Waals surface area contributed by atoms with Crippen LogP contribution in [0.5, 0.6) is 5.75 Å². The first-order valence-corrected chi connectivity index (χ1v) is 12.7. The van der Waals surface area contributed by atoms with Crippen molar-refractivity contribution >= 4 is 27.3 Å². The highest BCUT2D eigenvalue weighted by atomic mass is 32.2. The van der Waals surface area contributed by atoms with Gasteiger partial charge in [0.2, 0.25) is 10.0 Å². The minimum Gasteiger partial charge on any atom is -0.495 e. The Balaban J connectivity index is 1.68. The van der Waals surface area contributed by atoms with Crippen LogP contribution in [0.2, 0.25) is 0 Å².